The van der Waals surface area contributed by atoms with Crippen molar-refractivity contribution in [3.8, 4) is 0 Å². The highest BCUT2D eigenvalue weighted by Crippen LogP contribution is 2.46. The lowest BCUT2D eigenvalue weighted by molar-refractivity contribution is 0.315. The summed E-state index contributed by atoms with van der Waals surface area (Å²) in [5.74, 6) is 0.858. The number of nitrogens with zero attached hydrogens (tertiary/aromatic N) is 2. The number of hydrogen-bond acceptors (Lipinski definition) is 2. The van der Waals surface area contributed by atoms with Crippen molar-refractivity contribution < 1.29 is 0 Å². The van der Waals surface area contributed by atoms with Gasteiger partial charge >= 0.3 is 0 Å². The molecule has 1 saturated heterocycles. The van der Waals surface area contributed by atoms with Crippen molar-refractivity contribution in [1.29, 1.82) is 0 Å². The Morgan fingerprint density at radius 3 is 2.74 bits per heavy atom. The second kappa shape index (κ2) is 5.10. The minimum atomic E-state index is 0.307. The molecule has 1 aromatic rings. The molecule has 2 aliphatic rings. The largest absolute Gasteiger partial charge is 0.311 e. The van der Waals surface area contributed by atoms with Gasteiger partial charge in [-0.1, -0.05) is 18.5 Å². The van der Waals surface area contributed by atoms with Gasteiger partial charge in [0, 0.05) is 18.5 Å². The van der Waals surface area contributed by atoms with Crippen LogP contribution < -0.4 is 5.32 Å². The molecule has 0 amide bonds. The van der Waals surface area contributed by atoms with E-state index in [1.54, 1.807) is 0 Å². The van der Waals surface area contributed by atoms with E-state index in [4.69, 9.17) is 11.6 Å². The first-order valence-corrected chi connectivity index (χ1v) is 8.07. The normalized spacial score (nSPS) is 27.1. The van der Waals surface area contributed by atoms with Gasteiger partial charge in [-0.25, -0.2) is 0 Å². The van der Waals surface area contributed by atoms with Gasteiger partial charge in [0.2, 0.25) is 0 Å². The molecule has 0 aromatic carbocycles. The number of nitrogens with one attached hydrogen (secondary N) is 1. The van der Waals surface area contributed by atoms with Crippen LogP contribution in [-0.2, 0) is 19.4 Å². The molecule has 1 N–H and O–H groups in total. The quantitative estimate of drug-likeness (QED) is 0.898. The van der Waals surface area contributed by atoms with Crippen LogP contribution in [0.4, 0.5) is 0 Å². The number of aryl methyl sites for hydroxylation is 2. The van der Waals surface area contributed by atoms with Gasteiger partial charge in [0.25, 0.3) is 0 Å². The maximum Gasteiger partial charge on any atom is 0.0850 e. The highest BCUT2D eigenvalue weighted by molar-refractivity contribution is 6.31. The molecule has 1 aromatic heterocycles. The molecule has 3 nitrogen and oxygen atoms in total. The van der Waals surface area contributed by atoms with Crippen LogP contribution >= 0.6 is 11.6 Å². The second-order valence-corrected chi connectivity index (χ2v) is 6.39. The third kappa shape index (κ3) is 2.31. The summed E-state index contributed by atoms with van der Waals surface area (Å²) in [6, 6.07) is 0. The van der Waals surface area contributed by atoms with E-state index in [-0.39, 0.29) is 0 Å². The standard InChI is InChI=1S/C15H24ClN3/c1-3-12-14(16)13(19(4-2)18-12)10-15(11-6-7-11)8-5-9-17-15/h11,17H,3-10H2,1-2H3. The lowest BCUT2D eigenvalue weighted by Crippen LogP contribution is -2.44. The summed E-state index contributed by atoms with van der Waals surface area (Å²) in [6.45, 7) is 6.35. The van der Waals surface area contributed by atoms with Crippen molar-refractivity contribution in [2.24, 2.45) is 5.92 Å². The zero-order chi connectivity index (χ0) is 13.5. The zero-order valence-electron chi connectivity index (χ0n) is 12.0. The van der Waals surface area contributed by atoms with E-state index in [1.165, 1.54) is 31.4 Å². The van der Waals surface area contributed by atoms with E-state index < -0.39 is 0 Å². The Balaban J connectivity index is 1.91. The Morgan fingerprint density at radius 2 is 2.21 bits per heavy atom. The van der Waals surface area contributed by atoms with Crippen LogP contribution in [0.25, 0.3) is 0 Å². The van der Waals surface area contributed by atoms with Crippen molar-refractivity contribution in [2.45, 2.75) is 64.5 Å². The molecule has 1 aliphatic heterocycles. The number of aromatic nitrogens is 2. The van der Waals surface area contributed by atoms with Gasteiger partial charge in [-0.3, -0.25) is 4.68 Å². The molecule has 4 heteroatoms. The van der Waals surface area contributed by atoms with Crippen LogP contribution in [0.3, 0.4) is 0 Å². The van der Waals surface area contributed by atoms with Crippen LogP contribution in [-0.4, -0.2) is 21.9 Å². The molecule has 0 spiro atoms. The van der Waals surface area contributed by atoms with Crippen LogP contribution in [0.2, 0.25) is 5.02 Å². The fourth-order valence-electron chi connectivity index (χ4n) is 3.59. The Bertz CT molecular complexity index is 456. The van der Waals surface area contributed by atoms with Crippen molar-refractivity contribution in [2.75, 3.05) is 6.54 Å². The Morgan fingerprint density at radius 1 is 1.42 bits per heavy atom. The summed E-state index contributed by atoms with van der Waals surface area (Å²) in [5.41, 5.74) is 2.62. The minimum Gasteiger partial charge on any atom is -0.311 e. The monoisotopic (exact) mass is 281 g/mol. The minimum absolute atomic E-state index is 0.307. The summed E-state index contributed by atoms with van der Waals surface area (Å²) in [6.07, 6.45) is 7.33. The van der Waals surface area contributed by atoms with Crippen molar-refractivity contribution in [3.05, 3.63) is 16.4 Å². The van der Waals surface area contributed by atoms with Gasteiger partial charge in [0.15, 0.2) is 0 Å². The van der Waals surface area contributed by atoms with Gasteiger partial charge in [0.05, 0.1) is 16.4 Å². The first-order valence-electron chi connectivity index (χ1n) is 7.69. The maximum absolute atomic E-state index is 6.56. The highest BCUT2D eigenvalue weighted by atomic mass is 35.5. The number of halogens is 1. The third-order valence-electron chi connectivity index (χ3n) is 4.81. The smallest absolute Gasteiger partial charge is 0.0850 e. The molecule has 19 heavy (non-hydrogen) atoms. The lowest BCUT2D eigenvalue weighted by atomic mass is 9.86. The summed E-state index contributed by atoms with van der Waals surface area (Å²) < 4.78 is 2.12. The van der Waals surface area contributed by atoms with E-state index in [9.17, 15) is 0 Å². The molecule has 2 heterocycles. The molecular formula is C15H24ClN3. The SMILES string of the molecule is CCc1nn(CC)c(CC2(C3CC3)CCCN2)c1Cl. The average molecular weight is 282 g/mol. The average Bonchev–Trinajstić information content (AvgIpc) is 3.11. The predicted octanol–water partition coefficient (Wildman–Crippen LogP) is 3.19. The fraction of sp³-hybridized carbons (Fsp3) is 0.800. The first-order chi connectivity index (χ1) is 9.20. The van der Waals surface area contributed by atoms with Gasteiger partial charge in [-0.15, -0.1) is 0 Å². The molecule has 1 saturated carbocycles. The maximum atomic E-state index is 6.56. The summed E-state index contributed by atoms with van der Waals surface area (Å²) >= 11 is 6.56. The van der Waals surface area contributed by atoms with Crippen LogP contribution in [0.1, 0.15) is 50.9 Å². The molecule has 0 bridgehead atoms. The molecule has 1 unspecified atom stereocenters. The molecular weight excluding hydrogens is 258 g/mol. The summed E-state index contributed by atoms with van der Waals surface area (Å²) in [4.78, 5) is 0. The van der Waals surface area contributed by atoms with Gasteiger partial charge < -0.3 is 5.32 Å². The predicted molar refractivity (Wildman–Crippen MR) is 78.7 cm³/mol. The Hall–Kier alpha value is -0.540. The number of rotatable bonds is 5. The summed E-state index contributed by atoms with van der Waals surface area (Å²) in [5, 5.41) is 9.36. The Kier molecular flexibility index (Phi) is 3.61. The van der Waals surface area contributed by atoms with E-state index in [1.807, 2.05) is 0 Å². The van der Waals surface area contributed by atoms with E-state index in [0.717, 1.165) is 42.6 Å². The molecule has 1 aliphatic carbocycles. The van der Waals surface area contributed by atoms with Crippen molar-refractivity contribution in [1.82, 2.24) is 15.1 Å². The van der Waals surface area contributed by atoms with Crippen molar-refractivity contribution >= 4 is 11.6 Å². The topological polar surface area (TPSA) is 29.9 Å². The lowest BCUT2D eigenvalue weighted by Gasteiger charge is -2.30. The Labute approximate surface area is 120 Å². The van der Waals surface area contributed by atoms with Gasteiger partial charge in [-0.2, -0.15) is 5.10 Å². The molecule has 106 valence electrons. The van der Waals surface area contributed by atoms with Gasteiger partial charge in [-0.05, 0) is 51.5 Å². The second-order valence-electron chi connectivity index (χ2n) is 6.01. The van der Waals surface area contributed by atoms with Gasteiger partial charge in [0.1, 0.15) is 0 Å². The van der Waals surface area contributed by atoms with Crippen LogP contribution in [0.5, 0.6) is 0 Å². The molecule has 2 fully saturated rings. The van der Waals surface area contributed by atoms with Crippen molar-refractivity contribution in [3.63, 3.8) is 0 Å². The number of hydrogen-bond donors (Lipinski definition) is 1. The third-order valence-corrected chi connectivity index (χ3v) is 5.25. The molecule has 1 atom stereocenters. The van der Waals surface area contributed by atoms with Crippen LogP contribution in [0, 0.1) is 5.92 Å². The fourth-order valence-corrected chi connectivity index (χ4v) is 3.93. The first kappa shape index (κ1) is 13.4. The zero-order valence-corrected chi connectivity index (χ0v) is 12.8. The molecule has 3 rings (SSSR count). The highest BCUT2D eigenvalue weighted by Gasteiger charge is 2.47. The van der Waals surface area contributed by atoms with E-state index in [0.29, 0.717) is 5.54 Å². The van der Waals surface area contributed by atoms with Crippen LogP contribution in [0.15, 0.2) is 0 Å². The summed E-state index contributed by atoms with van der Waals surface area (Å²) in [7, 11) is 0. The van der Waals surface area contributed by atoms with E-state index in [2.05, 4.69) is 28.9 Å². The molecule has 0 radical (unpaired) electrons. The van der Waals surface area contributed by atoms with E-state index >= 15 is 0 Å².